The molecule has 0 saturated heterocycles. The molecule has 0 bridgehead atoms. The van der Waals surface area contributed by atoms with E-state index in [2.05, 4.69) is 29.0 Å². The zero-order valence-corrected chi connectivity index (χ0v) is 9.96. The Bertz CT molecular complexity index is 273. The Kier molecular flexibility index (Phi) is 5.63. The van der Waals surface area contributed by atoms with Gasteiger partial charge in [0.15, 0.2) is 4.34 Å². The van der Waals surface area contributed by atoms with Crippen LogP contribution in [0.3, 0.4) is 0 Å². The lowest BCUT2D eigenvalue weighted by molar-refractivity contribution is 0.830. The van der Waals surface area contributed by atoms with Crippen molar-refractivity contribution in [3.05, 3.63) is 12.7 Å². The molecular weight excluding hydrogens is 214 g/mol. The summed E-state index contributed by atoms with van der Waals surface area (Å²) in [6.45, 7) is 6.82. The van der Waals surface area contributed by atoms with Gasteiger partial charge in [0.05, 0.1) is 0 Å². The highest BCUT2D eigenvalue weighted by Gasteiger charge is 2.02. The number of thioether (sulfide) groups is 1. The van der Waals surface area contributed by atoms with Gasteiger partial charge in [0.25, 0.3) is 0 Å². The summed E-state index contributed by atoms with van der Waals surface area (Å²) in [7, 11) is 0. The molecule has 1 aromatic rings. The number of hydrogen-bond acceptors (Lipinski definition) is 5. The van der Waals surface area contributed by atoms with Crippen molar-refractivity contribution < 1.29 is 0 Å². The fourth-order valence-electron chi connectivity index (χ4n) is 0.842. The minimum absolute atomic E-state index is 0.892. The van der Waals surface area contributed by atoms with Gasteiger partial charge in [-0.05, 0) is 6.42 Å². The molecule has 0 unspecified atom stereocenters. The van der Waals surface area contributed by atoms with Crippen LogP contribution in [0.25, 0.3) is 0 Å². The maximum atomic E-state index is 4.05. The monoisotopic (exact) mass is 229 g/mol. The van der Waals surface area contributed by atoms with Gasteiger partial charge in [0.2, 0.25) is 5.13 Å². The molecule has 1 rings (SSSR count). The van der Waals surface area contributed by atoms with Crippen molar-refractivity contribution in [1.29, 1.82) is 0 Å². The molecule has 14 heavy (non-hydrogen) atoms. The van der Waals surface area contributed by atoms with Crippen molar-refractivity contribution in [2.24, 2.45) is 0 Å². The molecule has 1 aromatic heterocycles. The average Bonchev–Trinajstić information content (AvgIpc) is 2.63. The standard InChI is InChI=1S/C9H15N3S2/c1-3-5-6-10-8-11-12-9(14-8)13-7-4-2/h4H,2-3,5-7H2,1H3,(H,10,11). The van der Waals surface area contributed by atoms with E-state index in [1.165, 1.54) is 12.8 Å². The summed E-state index contributed by atoms with van der Waals surface area (Å²) in [5.74, 6) is 0.892. The van der Waals surface area contributed by atoms with Crippen molar-refractivity contribution in [1.82, 2.24) is 10.2 Å². The first-order valence-electron chi connectivity index (χ1n) is 4.68. The molecule has 3 nitrogen and oxygen atoms in total. The lowest BCUT2D eigenvalue weighted by Gasteiger charge is -1.97. The second kappa shape index (κ2) is 6.84. The molecule has 0 spiro atoms. The van der Waals surface area contributed by atoms with Crippen LogP contribution < -0.4 is 5.32 Å². The maximum absolute atomic E-state index is 4.05. The largest absolute Gasteiger partial charge is 0.360 e. The van der Waals surface area contributed by atoms with Gasteiger partial charge in [-0.25, -0.2) is 0 Å². The fourth-order valence-corrected chi connectivity index (χ4v) is 2.38. The van der Waals surface area contributed by atoms with E-state index in [0.717, 1.165) is 21.8 Å². The fraction of sp³-hybridized carbons (Fsp3) is 0.556. The molecule has 1 N–H and O–H groups in total. The Morgan fingerprint density at radius 3 is 3.14 bits per heavy atom. The Labute approximate surface area is 93.0 Å². The van der Waals surface area contributed by atoms with Crippen LogP contribution in [-0.2, 0) is 0 Å². The van der Waals surface area contributed by atoms with Gasteiger partial charge in [0, 0.05) is 12.3 Å². The first-order chi connectivity index (χ1) is 6.86. The van der Waals surface area contributed by atoms with Crippen LogP contribution in [0.5, 0.6) is 0 Å². The summed E-state index contributed by atoms with van der Waals surface area (Å²) in [6, 6.07) is 0. The second-order valence-electron chi connectivity index (χ2n) is 2.75. The molecule has 0 aliphatic carbocycles. The molecule has 0 aliphatic heterocycles. The Balaban J connectivity index is 2.31. The molecule has 78 valence electrons. The van der Waals surface area contributed by atoms with Crippen molar-refractivity contribution in [3.63, 3.8) is 0 Å². The third kappa shape index (κ3) is 4.11. The van der Waals surface area contributed by atoms with Crippen molar-refractivity contribution in [3.8, 4) is 0 Å². The highest BCUT2D eigenvalue weighted by atomic mass is 32.2. The summed E-state index contributed by atoms with van der Waals surface area (Å²) in [5, 5.41) is 12.3. The Morgan fingerprint density at radius 2 is 2.43 bits per heavy atom. The summed E-state index contributed by atoms with van der Waals surface area (Å²) in [6.07, 6.45) is 4.24. The van der Waals surface area contributed by atoms with E-state index in [4.69, 9.17) is 0 Å². The summed E-state index contributed by atoms with van der Waals surface area (Å²) >= 11 is 3.27. The third-order valence-electron chi connectivity index (χ3n) is 1.54. The van der Waals surface area contributed by atoms with Crippen molar-refractivity contribution in [2.45, 2.75) is 24.1 Å². The summed E-state index contributed by atoms with van der Waals surface area (Å²) < 4.78 is 1.00. The molecule has 0 atom stereocenters. The Hall–Kier alpha value is -0.550. The normalized spacial score (nSPS) is 10.1. The molecule has 1 heterocycles. The molecule has 0 aliphatic rings. The quantitative estimate of drug-likeness (QED) is 0.443. The van der Waals surface area contributed by atoms with E-state index >= 15 is 0 Å². The van der Waals surface area contributed by atoms with Gasteiger partial charge in [-0.15, -0.1) is 16.8 Å². The van der Waals surface area contributed by atoms with Gasteiger partial charge in [-0.2, -0.15) is 0 Å². The summed E-state index contributed by atoms with van der Waals surface area (Å²) in [5.41, 5.74) is 0. The first-order valence-corrected chi connectivity index (χ1v) is 6.48. The molecular formula is C9H15N3S2. The van der Waals surface area contributed by atoms with E-state index in [1.807, 2.05) is 6.08 Å². The molecule has 0 aromatic carbocycles. The second-order valence-corrected chi connectivity index (χ2v) is 5.00. The van der Waals surface area contributed by atoms with Gasteiger partial charge in [-0.3, -0.25) is 0 Å². The average molecular weight is 229 g/mol. The zero-order valence-electron chi connectivity index (χ0n) is 8.32. The lowest BCUT2D eigenvalue weighted by Crippen LogP contribution is -1.99. The topological polar surface area (TPSA) is 37.8 Å². The SMILES string of the molecule is C=CCSc1nnc(NCCCC)s1. The lowest BCUT2D eigenvalue weighted by atomic mass is 10.3. The number of nitrogens with one attached hydrogen (secondary N) is 1. The minimum atomic E-state index is 0.892. The molecule has 0 saturated carbocycles. The van der Waals surface area contributed by atoms with E-state index in [1.54, 1.807) is 23.1 Å². The van der Waals surface area contributed by atoms with Crippen LogP contribution in [-0.4, -0.2) is 22.5 Å². The molecule has 0 fully saturated rings. The number of hydrogen-bond donors (Lipinski definition) is 1. The van der Waals surface area contributed by atoms with Crippen LogP contribution in [0.15, 0.2) is 17.0 Å². The van der Waals surface area contributed by atoms with Crippen LogP contribution in [0.4, 0.5) is 5.13 Å². The van der Waals surface area contributed by atoms with Crippen LogP contribution in [0.1, 0.15) is 19.8 Å². The number of unbranched alkanes of at least 4 members (excludes halogenated alkanes) is 1. The smallest absolute Gasteiger partial charge is 0.206 e. The predicted octanol–water partition coefficient (Wildman–Crippen LogP) is 3.03. The summed E-state index contributed by atoms with van der Waals surface area (Å²) in [4.78, 5) is 0. The minimum Gasteiger partial charge on any atom is -0.360 e. The number of anilines is 1. The highest BCUT2D eigenvalue weighted by molar-refractivity contribution is 8.01. The number of aromatic nitrogens is 2. The molecule has 0 radical (unpaired) electrons. The van der Waals surface area contributed by atoms with Gasteiger partial charge in [-0.1, -0.05) is 42.5 Å². The maximum Gasteiger partial charge on any atom is 0.206 e. The molecule has 5 heteroatoms. The third-order valence-corrected chi connectivity index (χ3v) is 3.55. The van der Waals surface area contributed by atoms with E-state index in [0.29, 0.717) is 0 Å². The Morgan fingerprint density at radius 1 is 1.57 bits per heavy atom. The van der Waals surface area contributed by atoms with Crippen LogP contribution in [0, 0.1) is 0 Å². The predicted molar refractivity (Wildman–Crippen MR) is 64.2 cm³/mol. The van der Waals surface area contributed by atoms with Gasteiger partial charge in [0.1, 0.15) is 0 Å². The van der Waals surface area contributed by atoms with Crippen molar-refractivity contribution in [2.75, 3.05) is 17.6 Å². The van der Waals surface area contributed by atoms with Crippen LogP contribution in [0.2, 0.25) is 0 Å². The highest BCUT2D eigenvalue weighted by Crippen LogP contribution is 2.25. The van der Waals surface area contributed by atoms with E-state index < -0.39 is 0 Å². The first kappa shape index (κ1) is 11.5. The van der Waals surface area contributed by atoms with E-state index in [9.17, 15) is 0 Å². The number of nitrogens with zero attached hydrogens (tertiary/aromatic N) is 2. The van der Waals surface area contributed by atoms with Gasteiger partial charge < -0.3 is 5.32 Å². The number of rotatable bonds is 7. The van der Waals surface area contributed by atoms with Crippen LogP contribution >= 0.6 is 23.1 Å². The zero-order chi connectivity index (χ0) is 10.2. The van der Waals surface area contributed by atoms with Crippen molar-refractivity contribution >= 4 is 28.2 Å². The molecule has 0 amide bonds. The van der Waals surface area contributed by atoms with Gasteiger partial charge >= 0.3 is 0 Å². The van der Waals surface area contributed by atoms with E-state index in [-0.39, 0.29) is 0 Å².